The van der Waals surface area contributed by atoms with Crippen molar-refractivity contribution < 1.29 is 18.5 Å². The van der Waals surface area contributed by atoms with E-state index in [1.165, 1.54) is 6.08 Å². The molecule has 2 aromatic rings. The predicted octanol–water partition coefficient (Wildman–Crippen LogP) is 1.54. The molecule has 0 aromatic carbocycles. The molecule has 8 nitrogen and oxygen atoms in total. The van der Waals surface area contributed by atoms with Crippen molar-refractivity contribution in [3.05, 3.63) is 41.9 Å². The quantitative estimate of drug-likeness (QED) is 0.826. The zero-order chi connectivity index (χ0) is 17.6. The molecule has 1 saturated heterocycles. The largest absolute Gasteiger partial charge is 0.465 e. The lowest BCUT2D eigenvalue weighted by Crippen LogP contribution is -2.42. The molecule has 2 aromatic heterocycles. The smallest absolute Gasteiger partial charge is 0.246 e. The van der Waals surface area contributed by atoms with E-state index < -0.39 is 0 Å². The van der Waals surface area contributed by atoms with E-state index in [2.05, 4.69) is 15.5 Å². The van der Waals surface area contributed by atoms with Gasteiger partial charge in [0.1, 0.15) is 5.76 Å². The molecule has 2 amide bonds. The number of piperidine rings is 1. The first kappa shape index (κ1) is 16.9. The Hall–Kier alpha value is -2.90. The van der Waals surface area contributed by atoms with E-state index in [0.717, 1.165) is 0 Å². The molecule has 0 atom stereocenters. The standard InChI is InChI=1S/C17H20N4O4/c1-12-19-15(25-20-12)11-18-17(23)13-6-8-21(9-7-13)16(22)5-4-14-3-2-10-24-14/h2-5,10,13H,6-9,11H2,1H3,(H,18,23). The molecule has 8 heteroatoms. The van der Waals surface area contributed by atoms with Crippen molar-refractivity contribution in [2.75, 3.05) is 13.1 Å². The maximum Gasteiger partial charge on any atom is 0.246 e. The van der Waals surface area contributed by atoms with Gasteiger partial charge in [-0.2, -0.15) is 4.98 Å². The average Bonchev–Trinajstić information content (AvgIpc) is 3.29. The molecule has 25 heavy (non-hydrogen) atoms. The number of hydrogen-bond acceptors (Lipinski definition) is 6. The maximum atomic E-state index is 12.2. The van der Waals surface area contributed by atoms with E-state index in [9.17, 15) is 9.59 Å². The van der Waals surface area contributed by atoms with Crippen molar-refractivity contribution in [2.24, 2.45) is 5.92 Å². The summed E-state index contributed by atoms with van der Waals surface area (Å²) in [4.78, 5) is 30.1. The highest BCUT2D eigenvalue weighted by molar-refractivity contribution is 5.91. The molecule has 0 spiro atoms. The first-order valence-corrected chi connectivity index (χ1v) is 8.19. The summed E-state index contributed by atoms with van der Waals surface area (Å²) < 4.78 is 10.1. The SMILES string of the molecule is Cc1noc(CNC(=O)C2CCN(C(=O)C=Cc3ccco3)CC2)n1. The summed E-state index contributed by atoms with van der Waals surface area (Å²) >= 11 is 0. The first-order chi connectivity index (χ1) is 12.1. The summed E-state index contributed by atoms with van der Waals surface area (Å²) in [5, 5.41) is 6.48. The molecule has 0 aliphatic carbocycles. The normalized spacial score (nSPS) is 15.6. The van der Waals surface area contributed by atoms with Crippen molar-refractivity contribution in [1.29, 1.82) is 0 Å². The van der Waals surface area contributed by atoms with Gasteiger partial charge in [0.05, 0.1) is 12.8 Å². The third-order valence-corrected chi connectivity index (χ3v) is 4.09. The summed E-state index contributed by atoms with van der Waals surface area (Å²) in [6, 6.07) is 3.55. The average molecular weight is 344 g/mol. The van der Waals surface area contributed by atoms with E-state index >= 15 is 0 Å². The fraction of sp³-hybridized carbons (Fsp3) is 0.412. The molecule has 132 valence electrons. The molecule has 0 saturated carbocycles. The lowest BCUT2D eigenvalue weighted by Gasteiger charge is -2.30. The fourth-order valence-corrected chi connectivity index (χ4v) is 2.73. The van der Waals surface area contributed by atoms with Gasteiger partial charge in [-0.25, -0.2) is 0 Å². The Labute approximate surface area is 144 Å². The van der Waals surface area contributed by atoms with Gasteiger partial charge in [0.15, 0.2) is 5.82 Å². The highest BCUT2D eigenvalue weighted by Gasteiger charge is 2.26. The molecule has 0 unspecified atom stereocenters. The number of rotatable bonds is 5. The number of nitrogens with zero attached hydrogens (tertiary/aromatic N) is 3. The molecule has 1 N–H and O–H groups in total. The number of likely N-dealkylation sites (tertiary alicyclic amines) is 1. The first-order valence-electron chi connectivity index (χ1n) is 8.19. The van der Waals surface area contributed by atoms with Crippen LogP contribution in [0.3, 0.4) is 0 Å². The maximum absolute atomic E-state index is 12.2. The third-order valence-electron chi connectivity index (χ3n) is 4.09. The van der Waals surface area contributed by atoms with Gasteiger partial charge in [0, 0.05) is 25.1 Å². The molecule has 0 bridgehead atoms. The van der Waals surface area contributed by atoms with Crippen LogP contribution in [0.1, 0.15) is 30.3 Å². The molecule has 0 radical (unpaired) electrons. The predicted molar refractivity (Wildman–Crippen MR) is 87.9 cm³/mol. The number of aryl methyl sites for hydroxylation is 1. The molecular formula is C17H20N4O4. The van der Waals surface area contributed by atoms with Gasteiger partial charge in [-0.3, -0.25) is 9.59 Å². The van der Waals surface area contributed by atoms with Crippen molar-refractivity contribution in [2.45, 2.75) is 26.3 Å². The lowest BCUT2D eigenvalue weighted by atomic mass is 9.96. The number of nitrogens with one attached hydrogen (secondary N) is 1. The third kappa shape index (κ3) is 4.56. The molecule has 1 aliphatic heterocycles. The molecular weight excluding hydrogens is 324 g/mol. The van der Waals surface area contributed by atoms with Crippen LogP contribution < -0.4 is 5.32 Å². The number of carbonyl (C=O) groups excluding carboxylic acids is 2. The molecule has 1 aliphatic rings. The number of furan rings is 1. The Morgan fingerprint density at radius 2 is 2.20 bits per heavy atom. The Morgan fingerprint density at radius 3 is 2.84 bits per heavy atom. The van der Waals surface area contributed by atoms with Crippen molar-refractivity contribution in [1.82, 2.24) is 20.4 Å². The monoisotopic (exact) mass is 344 g/mol. The van der Waals surface area contributed by atoms with Crippen molar-refractivity contribution >= 4 is 17.9 Å². The second kappa shape index (κ2) is 7.78. The summed E-state index contributed by atoms with van der Waals surface area (Å²) in [6.07, 6.45) is 5.97. The summed E-state index contributed by atoms with van der Waals surface area (Å²) in [5.41, 5.74) is 0. The van der Waals surface area contributed by atoms with Crippen LogP contribution in [0.4, 0.5) is 0 Å². The lowest BCUT2D eigenvalue weighted by molar-refractivity contribution is -0.132. The van der Waals surface area contributed by atoms with Crippen LogP contribution in [0.2, 0.25) is 0 Å². The number of aromatic nitrogens is 2. The number of carbonyl (C=O) groups is 2. The highest BCUT2D eigenvalue weighted by atomic mass is 16.5. The van der Waals surface area contributed by atoms with E-state index in [1.54, 1.807) is 36.3 Å². The van der Waals surface area contributed by atoms with E-state index in [4.69, 9.17) is 8.94 Å². The van der Waals surface area contributed by atoms with Crippen LogP contribution in [-0.4, -0.2) is 39.9 Å². The Kier molecular flexibility index (Phi) is 5.27. The van der Waals surface area contributed by atoms with Crippen LogP contribution in [0, 0.1) is 12.8 Å². The molecule has 3 heterocycles. The van der Waals surface area contributed by atoms with Crippen LogP contribution in [0.15, 0.2) is 33.4 Å². The minimum atomic E-state index is -0.109. The summed E-state index contributed by atoms with van der Waals surface area (Å²) in [7, 11) is 0. The van der Waals surface area contributed by atoms with Gasteiger partial charge >= 0.3 is 0 Å². The van der Waals surface area contributed by atoms with E-state index in [1.807, 2.05) is 0 Å². The zero-order valence-electron chi connectivity index (χ0n) is 14.0. The fourth-order valence-electron chi connectivity index (χ4n) is 2.73. The zero-order valence-corrected chi connectivity index (χ0v) is 14.0. The Balaban J connectivity index is 1.43. The van der Waals surface area contributed by atoms with Crippen LogP contribution in [0.25, 0.3) is 6.08 Å². The van der Waals surface area contributed by atoms with Gasteiger partial charge in [-0.1, -0.05) is 5.16 Å². The highest BCUT2D eigenvalue weighted by Crippen LogP contribution is 2.18. The van der Waals surface area contributed by atoms with E-state index in [0.29, 0.717) is 43.4 Å². The molecule has 3 rings (SSSR count). The van der Waals surface area contributed by atoms with Crippen LogP contribution in [0.5, 0.6) is 0 Å². The van der Waals surface area contributed by atoms with Crippen LogP contribution in [-0.2, 0) is 16.1 Å². The van der Waals surface area contributed by atoms with Gasteiger partial charge in [0.2, 0.25) is 17.7 Å². The van der Waals surface area contributed by atoms with Crippen molar-refractivity contribution in [3.8, 4) is 0 Å². The number of hydrogen-bond donors (Lipinski definition) is 1. The van der Waals surface area contributed by atoms with Gasteiger partial charge in [0.25, 0.3) is 0 Å². The van der Waals surface area contributed by atoms with Crippen molar-refractivity contribution in [3.63, 3.8) is 0 Å². The van der Waals surface area contributed by atoms with Gasteiger partial charge in [-0.05, 0) is 38.0 Å². The topological polar surface area (TPSA) is 101 Å². The molecule has 1 fully saturated rings. The second-order valence-electron chi connectivity index (χ2n) is 5.90. The summed E-state index contributed by atoms with van der Waals surface area (Å²) in [5.74, 6) is 1.34. The summed E-state index contributed by atoms with van der Waals surface area (Å²) in [6.45, 7) is 3.06. The van der Waals surface area contributed by atoms with Gasteiger partial charge < -0.3 is 19.2 Å². The Bertz CT molecular complexity index is 743. The minimum absolute atomic E-state index is 0.0471. The van der Waals surface area contributed by atoms with Gasteiger partial charge in [-0.15, -0.1) is 0 Å². The number of amides is 2. The second-order valence-corrected chi connectivity index (χ2v) is 5.90. The minimum Gasteiger partial charge on any atom is -0.465 e. The van der Waals surface area contributed by atoms with E-state index in [-0.39, 0.29) is 24.3 Å². The Morgan fingerprint density at radius 1 is 1.40 bits per heavy atom. The van der Waals surface area contributed by atoms with Crippen LogP contribution >= 0.6 is 0 Å².